The van der Waals surface area contributed by atoms with Crippen LogP contribution in [-0.2, 0) is 16.6 Å². The molecule has 0 bridgehead atoms. The first kappa shape index (κ1) is 15.7. The Hall–Kier alpha value is -1.37. The highest BCUT2D eigenvalue weighted by Gasteiger charge is 2.17. The van der Waals surface area contributed by atoms with Crippen LogP contribution in [-0.4, -0.2) is 36.3 Å². The van der Waals surface area contributed by atoms with Crippen molar-refractivity contribution in [2.75, 3.05) is 25.0 Å². The third-order valence-corrected chi connectivity index (χ3v) is 2.79. The first-order chi connectivity index (χ1) is 8.65. The fourth-order valence-electron chi connectivity index (χ4n) is 1.84. The second-order valence-electron chi connectivity index (χ2n) is 4.32. The highest BCUT2D eigenvalue weighted by atomic mass is 35.5. The molecule has 0 aliphatic carbocycles. The van der Waals surface area contributed by atoms with Gasteiger partial charge in [-0.1, -0.05) is 0 Å². The molecule has 1 amide bonds. The van der Waals surface area contributed by atoms with Crippen LogP contribution in [0.3, 0.4) is 0 Å². The molecule has 1 aliphatic rings. The Balaban J connectivity index is 0.00000180. The van der Waals surface area contributed by atoms with E-state index in [1.54, 1.807) is 19.3 Å². The molecular weight excluding hydrogens is 270 g/mol. The van der Waals surface area contributed by atoms with Gasteiger partial charge in [0.1, 0.15) is 0 Å². The number of ether oxygens (including phenoxy) is 1. The molecule has 2 rings (SSSR count). The van der Waals surface area contributed by atoms with Crippen LogP contribution >= 0.6 is 12.4 Å². The Morgan fingerprint density at radius 2 is 2.37 bits per heavy atom. The maximum Gasteiger partial charge on any atom is 0.250 e. The van der Waals surface area contributed by atoms with E-state index in [0.717, 1.165) is 6.54 Å². The van der Waals surface area contributed by atoms with Gasteiger partial charge < -0.3 is 19.9 Å². The number of halogens is 1. The molecule has 1 aromatic heterocycles. The van der Waals surface area contributed by atoms with Crippen molar-refractivity contribution < 1.29 is 9.53 Å². The van der Waals surface area contributed by atoms with Crippen molar-refractivity contribution >= 4 is 24.0 Å². The summed E-state index contributed by atoms with van der Waals surface area (Å²) in [5.41, 5.74) is 0.513. The number of pyridine rings is 1. The van der Waals surface area contributed by atoms with Crippen LogP contribution in [0.5, 0.6) is 0 Å². The molecule has 1 aliphatic heterocycles. The van der Waals surface area contributed by atoms with Crippen molar-refractivity contribution in [1.82, 2.24) is 9.88 Å². The summed E-state index contributed by atoms with van der Waals surface area (Å²) in [6, 6.07) is 3.02. The summed E-state index contributed by atoms with van der Waals surface area (Å²) in [4.78, 5) is 23.0. The van der Waals surface area contributed by atoms with E-state index in [2.05, 4.69) is 10.6 Å². The lowest BCUT2D eigenvalue weighted by Gasteiger charge is -2.23. The third kappa shape index (κ3) is 4.66. The number of anilines is 1. The lowest BCUT2D eigenvalue weighted by atomic mass is 10.2. The molecule has 1 saturated heterocycles. The number of aromatic nitrogens is 1. The van der Waals surface area contributed by atoms with Gasteiger partial charge in [0.15, 0.2) is 0 Å². The Labute approximate surface area is 117 Å². The molecule has 1 fully saturated rings. The predicted octanol–water partition coefficient (Wildman–Crippen LogP) is 0.124. The SMILES string of the molecule is Cl.Cn1cc(NC(=O)CC2CNCCO2)ccc1=O. The van der Waals surface area contributed by atoms with E-state index >= 15 is 0 Å². The molecule has 0 saturated carbocycles. The van der Waals surface area contributed by atoms with Gasteiger partial charge in [0.2, 0.25) is 11.5 Å². The summed E-state index contributed by atoms with van der Waals surface area (Å²) in [7, 11) is 1.64. The molecule has 0 aromatic carbocycles. The molecule has 7 heteroatoms. The average molecular weight is 288 g/mol. The third-order valence-electron chi connectivity index (χ3n) is 2.79. The minimum absolute atomic E-state index is 0. The van der Waals surface area contributed by atoms with Crippen molar-refractivity contribution in [2.24, 2.45) is 7.05 Å². The van der Waals surface area contributed by atoms with E-state index in [-0.39, 0.29) is 30.0 Å². The van der Waals surface area contributed by atoms with Crippen molar-refractivity contribution in [3.05, 3.63) is 28.7 Å². The molecule has 2 heterocycles. The van der Waals surface area contributed by atoms with Gasteiger partial charge in [-0.05, 0) is 6.07 Å². The minimum atomic E-state index is -0.109. The number of rotatable bonds is 3. The monoisotopic (exact) mass is 287 g/mol. The zero-order valence-electron chi connectivity index (χ0n) is 10.7. The number of carbonyl (C=O) groups is 1. The molecule has 6 nitrogen and oxygen atoms in total. The van der Waals surface area contributed by atoms with Crippen LogP contribution in [0.15, 0.2) is 23.1 Å². The summed E-state index contributed by atoms with van der Waals surface area (Å²) >= 11 is 0. The fourth-order valence-corrected chi connectivity index (χ4v) is 1.84. The zero-order valence-corrected chi connectivity index (χ0v) is 11.5. The average Bonchev–Trinajstić information content (AvgIpc) is 2.35. The van der Waals surface area contributed by atoms with Crippen LogP contribution in [0.1, 0.15) is 6.42 Å². The molecule has 1 atom stereocenters. The topological polar surface area (TPSA) is 72.4 Å². The molecule has 19 heavy (non-hydrogen) atoms. The van der Waals surface area contributed by atoms with Crippen molar-refractivity contribution in [2.45, 2.75) is 12.5 Å². The van der Waals surface area contributed by atoms with E-state index in [1.165, 1.54) is 10.6 Å². The lowest BCUT2D eigenvalue weighted by Crippen LogP contribution is -2.40. The van der Waals surface area contributed by atoms with E-state index in [1.807, 2.05) is 0 Å². The van der Waals surface area contributed by atoms with Gasteiger partial charge in [-0.25, -0.2) is 0 Å². The Bertz CT molecular complexity index is 483. The standard InChI is InChI=1S/C12H17N3O3.ClH/c1-15-8-9(2-3-12(15)17)14-11(16)6-10-7-13-4-5-18-10;/h2-3,8,10,13H,4-7H2,1H3,(H,14,16);1H. The number of morpholine rings is 1. The normalized spacial score (nSPS) is 18.5. The largest absolute Gasteiger partial charge is 0.375 e. The van der Waals surface area contributed by atoms with Gasteiger partial charge in [0.25, 0.3) is 0 Å². The number of nitrogens with one attached hydrogen (secondary N) is 2. The summed E-state index contributed by atoms with van der Waals surface area (Å²) in [5, 5.41) is 5.92. The number of carbonyl (C=O) groups excluding carboxylic acids is 1. The van der Waals surface area contributed by atoms with Crippen LogP contribution in [0, 0.1) is 0 Å². The number of amides is 1. The van der Waals surface area contributed by atoms with Crippen LogP contribution in [0.25, 0.3) is 0 Å². The van der Waals surface area contributed by atoms with E-state index < -0.39 is 0 Å². The highest BCUT2D eigenvalue weighted by Crippen LogP contribution is 2.06. The lowest BCUT2D eigenvalue weighted by molar-refractivity contribution is -0.119. The van der Waals surface area contributed by atoms with Gasteiger partial charge in [0, 0.05) is 32.4 Å². The molecule has 0 spiro atoms. The van der Waals surface area contributed by atoms with Crippen molar-refractivity contribution in [3.8, 4) is 0 Å². The molecule has 2 N–H and O–H groups in total. The number of nitrogens with zero attached hydrogens (tertiary/aromatic N) is 1. The predicted molar refractivity (Wildman–Crippen MR) is 74.8 cm³/mol. The quantitative estimate of drug-likeness (QED) is 0.829. The molecular formula is C12H18ClN3O3. The molecule has 1 aromatic rings. The fraction of sp³-hybridized carbons (Fsp3) is 0.500. The van der Waals surface area contributed by atoms with E-state index in [9.17, 15) is 9.59 Å². The van der Waals surface area contributed by atoms with Crippen LogP contribution < -0.4 is 16.2 Å². The van der Waals surface area contributed by atoms with Crippen LogP contribution in [0.2, 0.25) is 0 Å². The first-order valence-electron chi connectivity index (χ1n) is 5.94. The second kappa shape index (κ2) is 7.28. The van der Waals surface area contributed by atoms with Crippen LogP contribution in [0.4, 0.5) is 5.69 Å². The summed E-state index contributed by atoms with van der Waals surface area (Å²) in [6.07, 6.45) is 1.84. The summed E-state index contributed by atoms with van der Waals surface area (Å²) < 4.78 is 6.88. The van der Waals surface area contributed by atoms with Crippen molar-refractivity contribution in [1.29, 1.82) is 0 Å². The summed E-state index contributed by atoms with van der Waals surface area (Å²) in [6.45, 7) is 2.16. The maximum atomic E-state index is 11.8. The maximum absolute atomic E-state index is 11.8. The minimum Gasteiger partial charge on any atom is -0.375 e. The Morgan fingerprint density at radius 1 is 1.58 bits per heavy atom. The molecule has 0 radical (unpaired) electrons. The molecule has 1 unspecified atom stereocenters. The van der Waals surface area contributed by atoms with E-state index in [0.29, 0.717) is 25.3 Å². The van der Waals surface area contributed by atoms with Crippen molar-refractivity contribution in [3.63, 3.8) is 0 Å². The number of hydrogen-bond donors (Lipinski definition) is 2. The van der Waals surface area contributed by atoms with Gasteiger partial charge in [0.05, 0.1) is 24.8 Å². The van der Waals surface area contributed by atoms with E-state index in [4.69, 9.17) is 4.74 Å². The number of aryl methyl sites for hydroxylation is 1. The first-order valence-corrected chi connectivity index (χ1v) is 5.94. The van der Waals surface area contributed by atoms with Gasteiger partial charge in [-0.2, -0.15) is 0 Å². The van der Waals surface area contributed by atoms with Gasteiger partial charge in [-0.15, -0.1) is 12.4 Å². The molecule has 106 valence electrons. The second-order valence-corrected chi connectivity index (χ2v) is 4.32. The Kier molecular flexibility index (Phi) is 6.01. The number of hydrogen-bond acceptors (Lipinski definition) is 4. The Morgan fingerprint density at radius 3 is 3.00 bits per heavy atom. The van der Waals surface area contributed by atoms with Gasteiger partial charge >= 0.3 is 0 Å². The highest BCUT2D eigenvalue weighted by molar-refractivity contribution is 5.90. The summed E-state index contributed by atoms with van der Waals surface area (Å²) in [5.74, 6) is -0.109. The van der Waals surface area contributed by atoms with Gasteiger partial charge in [-0.3, -0.25) is 9.59 Å². The zero-order chi connectivity index (χ0) is 13.0. The smallest absolute Gasteiger partial charge is 0.250 e.